The smallest absolute Gasteiger partial charge is 0.251 e. The molecule has 6 nitrogen and oxygen atoms in total. The fourth-order valence-corrected chi connectivity index (χ4v) is 3.72. The van der Waals surface area contributed by atoms with Crippen LogP contribution in [-0.4, -0.2) is 43.4 Å². The quantitative estimate of drug-likeness (QED) is 0.853. The lowest BCUT2D eigenvalue weighted by Gasteiger charge is -2.42. The highest BCUT2D eigenvalue weighted by Crippen LogP contribution is 2.39. The van der Waals surface area contributed by atoms with Gasteiger partial charge in [-0.3, -0.25) is 9.59 Å². The van der Waals surface area contributed by atoms with E-state index in [1.807, 2.05) is 6.92 Å². The average Bonchev–Trinajstić information content (AvgIpc) is 2.61. The summed E-state index contributed by atoms with van der Waals surface area (Å²) >= 11 is 0. The molecule has 0 radical (unpaired) electrons. The van der Waals surface area contributed by atoms with Crippen LogP contribution in [0.4, 0.5) is 0 Å². The molecule has 2 fully saturated rings. The van der Waals surface area contributed by atoms with Crippen molar-refractivity contribution in [1.82, 2.24) is 10.3 Å². The van der Waals surface area contributed by atoms with Crippen molar-refractivity contribution >= 4 is 5.91 Å². The van der Waals surface area contributed by atoms with E-state index in [9.17, 15) is 9.59 Å². The van der Waals surface area contributed by atoms with Gasteiger partial charge < -0.3 is 19.8 Å². The first-order valence-corrected chi connectivity index (χ1v) is 9.31. The molecule has 0 aliphatic carbocycles. The van der Waals surface area contributed by atoms with Gasteiger partial charge in [0.2, 0.25) is 5.56 Å². The molecule has 1 aromatic rings. The van der Waals surface area contributed by atoms with E-state index in [2.05, 4.69) is 10.3 Å². The largest absolute Gasteiger partial charge is 0.381 e. The number of nitrogens with one attached hydrogen (secondary N) is 2. The number of pyridine rings is 1. The molecule has 1 aromatic heterocycles. The lowest BCUT2D eigenvalue weighted by molar-refractivity contribution is -0.103. The molecule has 1 atom stereocenters. The molecule has 1 spiro atoms. The van der Waals surface area contributed by atoms with Crippen molar-refractivity contribution in [2.75, 3.05) is 26.4 Å². The molecule has 1 unspecified atom stereocenters. The van der Waals surface area contributed by atoms with E-state index >= 15 is 0 Å². The highest BCUT2D eigenvalue weighted by atomic mass is 16.5. The number of carbonyl (C=O) groups excluding carboxylic acids is 1. The maximum atomic E-state index is 12.4. The zero-order valence-corrected chi connectivity index (χ0v) is 14.9. The number of hydrogen-bond donors (Lipinski definition) is 2. The van der Waals surface area contributed by atoms with Gasteiger partial charge in [0.1, 0.15) is 0 Å². The van der Waals surface area contributed by atoms with Crippen molar-refractivity contribution in [2.24, 2.45) is 5.41 Å². The fraction of sp³-hybridized carbons (Fsp3) is 0.684. The second-order valence-electron chi connectivity index (χ2n) is 7.30. The minimum absolute atomic E-state index is 0.0505. The van der Waals surface area contributed by atoms with Crippen LogP contribution in [0.3, 0.4) is 0 Å². The predicted octanol–water partition coefficient (Wildman–Crippen LogP) is 2.03. The van der Waals surface area contributed by atoms with Crippen LogP contribution in [0.25, 0.3) is 0 Å². The summed E-state index contributed by atoms with van der Waals surface area (Å²) in [6, 6.07) is 3.12. The zero-order valence-electron chi connectivity index (χ0n) is 14.9. The highest BCUT2D eigenvalue weighted by molar-refractivity contribution is 5.94. The molecule has 2 aliphatic rings. The summed E-state index contributed by atoms with van der Waals surface area (Å²) in [7, 11) is 0. The van der Waals surface area contributed by atoms with E-state index < -0.39 is 0 Å². The lowest BCUT2D eigenvalue weighted by Crippen LogP contribution is -2.44. The first-order valence-electron chi connectivity index (χ1n) is 9.31. The first kappa shape index (κ1) is 18.1. The third-order valence-corrected chi connectivity index (χ3v) is 5.35. The first-order chi connectivity index (χ1) is 12.1. The Balaban J connectivity index is 1.50. The van der Waals surface area contributed by atoms with Crippen molar-refractivity contribution in [1.29, 1.82) is 0 Å². The molecule has 0 aromatic carbocycles. The van der Waals surface area contributed by atoms with E-state index in [0.29, 0.717) is 12.1 Å². The summed E-state index contributed by atoms with van der Waals surface area (Å²) in [5.74, 6) is -0.210. The number of amides is 1. The Hall–Kier alpha value is -1.66. The Bertz CT molecular complexity index is 639. The van der Waals surface area contributed by atoms with E-state index in [-0.39, 0.29) is 23.0 Å². The molecule has 138 valence electrons. The van der Waals surface area contributed by atoms with Crippen LogP contribution < -0.4 is 10.9 Å². The van der Waals surface area contributed by atoms with Crippen LogP contribution in [0.1, 0.15) is 55.1 Å². The van der Waals surface area contributed by atoms with Gasteiger partial charge in [-0.05, 0) is 43.6 Å². The van der Waals surface area contributed by atoms with E-state index in [4.69, 9.17) is 9.47 Å². The van der Waals surface area contributed by atoms with E-state index in [0.717, 1.165) is 64.0 Å². The molecule has 1 amide bonds. The summed E-state index contributed by atoms with van der Waals surface area (Å²) in [6.07, 6.45) is 5.95. The second-order valence-corrected chi connectivity index (χ2v) is 7.30. The minimum Gasteiger partial charge on any atom is -0.381 e. The Morgan fingerprint density at radius 3 is 2.80 bits per heavy atom. The zero-order chi connectivity index (χ0) is 17.7. The highest BCUT2D eigenvalue weighted by Gasteiger charge is 2.37. The molecule has 2 N–H and O–H groups in total. The topological polar surface area (TPSA) is 80.4 Å². The second kappa shape index (κ2) is 8.15. The number of aromatic amines is 1. The molecule has 2 saturated heterocycles. The molecule has 3 heterocycles. The lowest BCUT2D eigenvalue weighted by atomic mass is 9.75. The number of ether oxygens (including phenoxy) is 2. The van der Waals surface area contributed by atoms with Gasteiger partial charge >= 0.3 is 0 Å². The van der Waals surface area contributed by atoms with Crippen LogP contribution in [0, 0.1) is 5.41 Å². The maximum Gasteiger partial charge on any atom is 0.251 e. The maximum absolute atomic E-state index is 12.4. The molecule has 25 heavy (non-hydrogen) atoms. The summed E-state index contributed by atoms with van der Waals surface area (Å²) in [4.78, 5) is 26.8. The number of rotatable bonds is 5. The van der Waals surface area contributed by atoms with Crippen LogP contribution >= 0.6 is 0 Å². The Morgan fingerprint density at radius 2 is 2.12 bits per heavy atom. The van der Waals surface area contributed by atoms with Crippen molar-refractivity contribution in [3.63, 3.8) is 0 Å². The Kier molecular flexibility index (Phi) is 5.91. The molecular formula is C19H28N2O4. The molecule has 0 saturated carbocycles. The molecule has 6 heteroatoms. The van der Waals surface area contributed by atoms with Crippen LogP contribution in [0.5, 0.6) is 0 Å². The number of aromatic nitrogens is 1. The number of H-pyrrole nitrogens is 1. The van der Waals surface area contributed by atoms with Crippen molar-refractivity contribution < 1.29 is 14.3 Å². The van der Waals surface area contributed by atoms with Gasteiger partial charge in [-0.25, -0.2) is 0 Å². The average molecular weight is 348 g/mol. The molecule has 3 rings (SSSR count). The minimum atomic E-state index is -0.230. The van der Waals surface area contributed by atoms with Gasteiger partial charge in [-0.1, -0.05) is 13.3 Å². The van der Waals surface area contributed by atoms with Gasteiger partial charge in [0.05, 0.1) is 12.7 Å². The fourth-order valence-electron chi connectivity index (χ4n) is 3.72. The number of aryl methyl sites for hydroxylation is 1. The van der Waals surface area contributed by atoms with Crippen molar-refractivity contribution in [3.05, 3.63) is 33.7 Å². The third-order valence-electron chi connectivity index (χ3n) is 5.35. The molecule has 2 aliphatic heterocycles. The number of carbonyl (C=O) groups is 1. The van der Waals surface area contributed by atoms with Crippen LogP contribution in [-0.2, 0) is 15.9 Å². The summed E-state index contributed by atoms with van der Waals surface area (Å²) < 4.78 is 11.5. The van der Waals surface area contributed by atoms with E-state index in [1.165, 1.54) is 6.07 Å². The van der Waals surface area contributed by atoms with Crippen LogP contribution in [0.15, 0.2) is 16.9 Å². The van der Waals surface area contributed by atoms with Gasteiger partial charge in [-0.2, -0.15) is 0 Å². The molecular weight excluding hydrogens is 320 g/mol. The Morgan fingerprint density at radius 1 is 1.32 bits per heavy atom. The SMILES string of the molecule is CCCc1cc(C(=O)NCC2CCC3(CCOCC3)CO2)cc(=O)[nH]1. The third kappa shape index (κ3) is 4.70. The van der Waals surface area contributed by atoms with Gasteiger partial charge in [0.15, 0.2) is 0 Å². The summed E-state index contributed by atoms with van der Waals surface area (Å²) in [5.41, 5.74) is 1.27. The predicted molar refractivity (Wildman–Crippen MR) is 94.9 cm³/mol. The number of hydrogen-bond acceptors (Lipinski definition) is 4. The summed E-state index contributed by atoms with van der Waals surface area (Å²) in [6.45, 7) is 4.93. The van der Waals surface area contributed by atoms with Crippen molar-refractivity contribution in [3.8, 4) is 0 Å². The summed E-state index contributed by atoms with van der Waals surface area (Å²) in [5, 5.41) is 2.92. The van der Waals surface area contributed by atoms with Crippen molar-refractivity contribution in [2.45, 2.75) is 51.6 Å². The Labute approximate surface area is 148 Å². The normalized spacial score (nSPS) is 22.7. The van der Waals surface area contributed by atoms with Crippen LogP contribution in [0.2, 0.25) is 0 Å². The van der Waals surface area contributed by atoms with Gasteiger partial charge in [0.25, 0.3) is 5.91 Å². The van der Waals surface area contributed by atoms with Gasteiger partial charge in [0, 0.05) is 37.1 Å². The monoisotopic (exact) mass is 348 g/mol. The molecule has 0 bridgehead atoms. The van der Waals surface area contributed by atoms with Gasteiger partial charge in [-0.15, -0.1) is 0 Å². The van der Waals surface area contributed by atoms with E-state index in [1.54, 1.807) is 6.07 Å². The standard InChI is InChI=1S/C19H28N2O4/c1-2-3-15-10-14(11-17(22)21-15)18(23)20-12-16-4-5-19(13-25-16)6-8-24-9-7-19/h10-11,16H,2-9,12-13H2,1H3,(H,20,23)(H,21,22).